The smallest absolute Gasteiger partial charge is 0.489 e. The van der Waals surface area contributed by atoms with Crippen molar-refractivity contribution in [3.63, 3.8) is 0 Å². The number of hydrogen-bond donors (Lipinski definition) is 2. The Morgan fingerprint density at radius 3 is 1.65 bits per heavy atom. The predicted octanol–water partition coefficient (Wildman–Crippen LogP) is 1.71. The van der Waals surface area contributed by atoms with Crippen LogP contribution in [0.4, 0.5) is 0 Å². The summed E-state index contributed by atoms with van der Waals surface area (Å²) in [5.74, 6) is 0. The van der Waals surface area contributed by atoms with Gasteiger partial charge in [0.15, 0.2) is 24.8 Å². The molecule has 2 saturated heterocycles. The van der Waals surface area contributed by atoms with Gasteiger partial charge in [-0.3, -0.25) is 0 Å². The molecule has 0 radical (unpaired) electrons. The number of nitrogens with one attached hydrogen (secondary N) is 2. The van der Waals surface area contributed by atoms with Crippen LogP contribution < -0.4 is 19.6 Å². The van der Waals surface area contributed by atoms with Crippen molar-refractivity contribution in [1.82, 2.24) is 0 Å². The lowest BCUT2D eigenvalue weighted by Crippen LogP contribution is -3.11. The number of hydrogen-bond acceptors (Lipinski definition) is 10. The van der Waals surface area contributed by atoms with Crippen molar-refractivity contribution in [2.45, 2.75) is 85.1 Å². The van der Waals surface area contributed by atoms with E-state index in [0.717, 1.165) is 5.56 Å². The van der Waals surface area contributed by atoms with Crippen molar-refractivity contribution in [1.29, 1.82) is 0 Å². The van der Waals surface area contributed by atoms with Crippen LogP contribution in [-0.4, -0.2) is 76.6 Å². The minimum absolute atomic E-state index is 0.0428. The van der Waals surface area contributed by atoms with Crippen LogP contribution in [0, 0.1) is 0 Å². The van der Waals surface area contributed by atoms with Gasteiger partial charge >= 0.3 is 16.5 Å². The van der Waals surface area contributed by atoms with E-state index in [9.17, 15) is 18.9 Å². The molecule has 3 unspecified atom stereocenters. The SMILES string of the molecule is CC[NH+](CC)CC.CC[NH+](CC)CC.O=[P+]([O-])O[C@H]1[C@H]2OC(c3ccccc3)OC[C@H]2O[C@@H](OCc2ccccc2)[C@@H]1O[P+](=O)[O-]. The number of fused-ring (bicyclic) bond motifs is 1. The van der Waals surface area contributed by atoms with E-state index in [2.05, 4.69) is 41.5 Å². The molecule has 0 saturated carbocycles. The van der Waals surface area contributed by atoms with Crippen molar-refractivity contribution in [3.8, 4) is 0 Å². The van der Waals surface area contributed by atoms with Gasteiger partial charge in [-0.05, 0) is 56.2 Å². The summed E-state index contributed by atoms with van der Waals surface area (Å²) >= 11 is 0. The molecule has 8 atom stereocenters. The molecule has 0 aliphatic carbocycles. The maximum Gasteiger partial charge on any atom is 0.489 e. The summed E-state index contributed by atoms with van der Waals surface area (Å²) in [6.07, 6.45) is -6.58. The van der Waals surface area contributed by atoms with Gasteiger partial charge in [0.05, 0.1) is 52.5 Å². The molecule has 12 nitrogen and oxygen atoms in total. The minimum atomic E-state index is -3.37. The third kappa shape index (κ3) is 13.8. The Labute approximate surface area is 275 Å². The Balaban J connectivity index is 0.000000440. The third-order valence-electron chi connectivity index (χ3n) is 8.03. The van der Waals surface area contributed by atoms with Gasteiger partial charge in [0.25, 0.3) is 0 Å². The standard InChI is InChI=1S/C20H20O10P2.2C6H15N/c21-31(22)29-17-16-15(12-26-19(28-16)14-9-5-2-6-10-14)27-20(18(17)30-32(23)24)25-11-13-7-3-1-4-8-13;2*1-4-7(5-2)6-3/h1-10,15-20H,11-12H2;2*4-6H2,1-3H3/p+2/t15-,16+,17+,18-,19?,20-;;/m1../s1. The van der Waals surface area contributed by atoms with E-state index in [-0.39, 0.29) is 13.2 Å². The van der Waals surface area contributed by atoms with Crippen LogP contribution in [-0.2, 0) is 43.7 Å². The summed E-state index contributed by atoms with van der Waals surface area (Å²) in [6.45, 7) is 21.1. The molecule has 2 fully saturated rings. The number of benzene rings is 2. The fourth-order valence-electron chi connectivity index (χ4n) is 5.14. The molecule has 0 amide bonds. The second-order valence-corrected chi connectivity index (χ2v) is 12.0. The van der Waals surface area contributed by atoms with E-state index in [1.165, 1.54) is 39.3 Å². The van der Waals surface area contributed by atoms with E-state index >= 15 is 0 Å². The molecule has 0 aromatic heterocycles. The fourth-order valence-corrected chi connectivity index (χ4v) is 6.00. The van der Waals surface area contributed by atoms with Crippen LogP contribution >= 0.6 is 16.5 Å². The molecule has 0 bridgehead atoms. The van der Waals surface area contributed by atoms with E-state index in [0.29, 0.717) is 5.56 Å². The average Bonchev–Trinajstić information content (AvgIpc) is 3.07. The molecular formula is C32H52N2O10P2+2. The van der Waals surface area contributed by atoms with Gasteiger partial charge in [-0.1, -0.05) is 60.7 Å². The molecule has 258 valence electrons. The van der Waals surface area contributed by atoms with Gasteiger partial charge in [-0.2, -0.15) is 0 Å². The lowest BCUT2D eigenvalue weighted by molar-refractivity contribution is -0.894. The molecule has 2 aliphatic heterocycles. The van der Waals surface area contributed by atoms with Crippen molar-refractivity contribution in [3.05, 3.63) is 71.8 Å². The third-order valence-corrected chi connectivity index (χ3v) is 8.86. The van der Waals surface area contributed by atoms with E-state index in [1.807, 2.05) is 36.4 Å². The van der Waals surface area contributed by atoms with Crippen molar-refractivity contribution in [2.24, 2.45) is 0 Å². The first-order valence-corrected chi connectivity index (χ1v) is 18.3. The van der Waals surface area contributed by atoms with Crippen LogP contribution in [0.2, 0.25) is 0 Å². The van der Waals surface area contributed by atoms with Crippen LogP contribution in [0.3, 0.4) is 0 Å². The van der Waals surface area contributed by atoms with Crippen LogP contribution in [0.5, 0.6) is 0 Å². The Bertz CT molecular complexity index is 1090. The molecule has 2 aromatic carbocycles. The largest absolute Gasteiger partial charge is 0.566 e. The Morgan fingerprint density at radius 1 is 0.717 bits per heavy atom. The number of ether oxygens (including phenoxy) is 4. The monoisotopic (exact) mass is 686 g/mol. The topological polar surface area (TPSA) is 145 Å². The number of quaternary nitrogens is 2. The van der Waals surface area contributed by atoms with Gasteiger partial charge < -0.3 is 38.5 Å². The van der Waals surface area contributed by atoms with Gasteiger partial charge in [-0.25, -0.2) is 0 Å². The molecule has 2 aromatic rings. The summed E-state index contributed by atoms with van der Waals surface area (Å²) in [7, 11) is -6.73. The normalized spacial score (nSPS) is 24.7. The highest BCUT2D eigenvalue weighted by Crippen LogP contribution is 2.40. The lowest BCUT2D eigenvalue weighted by Gasteiger charge is -2.45. The van der Waals surface area contributed by atoms with E-state index in [1.54, 1.807) is 34.1 Å². The first-order chi connectivity index (χ1) is 22.2. The van der Waals surface area contributed by atoms with Gasteiger partial charge in [0.1, 0.15) is 12.2 Å². The highest BCUT2D eigenvalue weighted by molar-refractivity contribution is 7.30. The second-order valence-electron chi connectivity index (χ2n) is 10.7. The Morgan fingerprint density at radius 2 is 1.20 bits per heavy atom. The van der Waals surface area contributed by atoms with Crippen molar-refractivity contribution < 1.29 is 56.7 Å². The molecule has 2 aliphatic rings. The predicted molar refractivity (Wildman–Crippen MR) is 170 cm³/mol. The second kappa shape index (κ2) is 22.7. The summed E-state index contributed by atoms with van der Waals surface area (Å²) in [6, 6.07) is 18.1. The molecule has 4 rings (SSSR count). The zero-order valence-electron chi connectivity index (χ0n) is 27.9. The summed E-state index contributed by atoms with van der Waals surface area (Å²) in [5.41, 5.74) is 1.50. The van der Waals surface area contributed by atoms with Crippen LogP contribution in [0.1, 0.15) is 59.0 Å². The fraction of sp³-hybridized carbons (Fsp3) is 0.625. The average molecular weight is 687 g/mol. The molecular weight excluding hydrogens is 634 g/mol. The van der Waals surface area contributed by atoms with Gasteiger partial charge in [-0.15, -0.1) is 9.05 Å². The first-order valence-electron chi connectivity index (χ1n) is 16.1. The molecule has 0 spiro atoms. The van der Waals surface area contributed by atoms with Crippen molar-refractivity contribution in [2.75, 3.05) is 45.9 Å². The zero-order valence-corrected chi connectivity index (χ0v) is 29.7. The highest BCUT2D eigenvalue weighted by Gasteiger charge is 2.56. The molecule has 2 heterocycles. The number of rotatable bonds is 14. The lowest BCUT2D eigenvalue weighted by atomic mass is 9.98. The highest BCUT2D eigenvalue weighted by atomic mass is 31.1. The molecule has 2 N–H and O–H groups in total. The Hall–Kier alpha value is -1.76. The molecule has 46 heavy (non-hydrogen) atoms. The van der Waals surface area contributed by atoms with E-state index < -0.39 is 53.5 Å². The van der Waals surface area contributed by atoms with Crippen molar-refractivity contribution >= 4 is 16.5 Å². The Kier molecular flexibility index (Phi) is 20.0. The molecule has 14 heteroatoms. The maximum atomic E-state index is 11.5. The van der Waals surface area contributed by atoms with Gasteiger partial charge in [0.2, 0.25) is 0 Å². The minimum Gasteiger partial charge on any atom is -0.566 e. The van der Waals surface area contributed by atoms with Gasteiger partial charge in [0, 0.05) is 5.56 Å². The summed E-state index contributed by atoms with van der Waals surface area (Å²) < 4.78 is 56.2. The zero-order chi connectivity index (χ0) is 33.9. The van der Waals surface area contributed by atoms with Crippen LogP contribution in [0.15, 0.2) is 60.7 Å². The summed E-state index contributed by atoms with van der Waals surface area (Å²) in [5, 5.41) is 0. The summed E-state index contributed by atoms with van der Waals surface area (Å²) in [4.78, 5) is 26.2. The maximum absolute atomic E-state index is 11.5. The van der Waals surface area contributed by atoms with E-state index in [4.69, 9.17) is 28.0 Å². The first kappa shape index (κ1) is 40.4. The van der Waals surface area contributed by atoms with Crippen LogP contribution in [0.25, 0.3) is 0 Å². The quantitative estimate of drug-likeness (QED) is 0.282.